The lowest BCUT2D eigenvalue weighted by Gasteiger charge is -2.10. The molecule has 0 aliphatic carbocycles. The normalized spacial score (nSPS) is 12.1. The third kappa shape index (κ3) is 4.13. The molecule has 1 heterocycles. The fourth-order valence-electron chi connectivity index (χ4n) is 2.03. The van der Waals surface area contributed by atoms with Gasteiger partial charge in [0.25, 0.3) is 5.91 Å². The van der Waals surface area contributed by atoms with Crippen molar-refractivity contribution in [3.8, 4) is 0 Å². The van der Waals surface area contributed by atoms with Crippen LogP contribution in [0.4, 0.5) is 0 Å². The number of ether oxygens (including phenoxy) is 1. The van der Waals surface area contributed by atoms with E-state index in [1.54, 1.807) is 18.0 Å². The third-order valence-electron chi connectivity index (χ3n) is 3.16. The highest BCUT2D eigenvalue weighted by Crippen LogP contribution is 2.08. The van der Waals surface area contributed by atoms with Gasteiger partial charge in [-0.15, -0.1) is 5.10 Å². The number of aryl methyl sites for hydroxylation is 1. The fraction of sp³-hybridized carbons (Fsp3) is 0.400. The van der Waals surface area contributed by atoms with Crippen LogP contribution in [0.15, 0.2) is 30.5 Å². The van der Waals surface area contributed by atoms with Crippen LogP contribution in [-0.4, -0.2) is 40.7 Å². The van der Waals surface area contributed by atoms with Gasteiger partial charge in [-0.3, -0.25) is 4.79 Å². The van der Waals surface area contributed by atoms with Gasteiger partial charge < -0.3 is 10.1 Å². The van der Waals surface area contributed by atoms with Gasteiger partial charge in [-0.1, -0.05) is 29.5 Å². The molecule has 1 atom stereocenters. The van der Waals surface area contributed by atoms with E-state index in [9.17, 15) is 4.79 Å². The maximum atomic E-state index is 12.0. The number of nitrogens with one attached hydrogen (secondary N) is 1. The van der Waals surface area contributed by atoms with Crippen molar-refractivity contribution in [2.24, 2.45) is 0 Å². The molecule has 6 heteroatoms. The number of benzene rings is 1. The number of methoxy groups -OCH3 is 1. The Morgan fingerprint density at radius 1 is 1.43 bits per heavy atom. The van der Waals surface area contributed by atoms with Crippen LogP contribution < -0.4 is 5.32 Å². The molecular formula is C15H20N4O2. The van der Waals surface area contributed by atoms with Gasteiger partial charge in [0.05, 0.1) is 19.3 Å². The Kier molecular flexibility index (Phi) is 5.05. The molecule has 0 saturated carbocycles. The van der Waals surface area contributed by atoms with Crippen molar-refractivity contribution in [3.05, 3.63) is 47.3 Å². The summed E-state index contributed by atoms with van der Waals surface area (Å²) >= 11 is 0. The largest absolute Gasteiger partial charge is 0.383 e. The Labute approximate surface area is 124 Å². The van der Waals surface area contributed by atoms with Crippen LogP contribution in [0, 0.1) is 6.92 Å². The summed E-state index contributed by atoms with van der Waals surface area (Å²) in [5.74, 6) is -0.240. The zero-order valence-electron chi connectivity index (χ0n) is 12.5. The average molecular weight is 288 g/mol. The van der Waals surface area contributed by atoms with Crippen molar-refractivity contribution in [1.29, 1.82) is 0 Å². The molecule has 1 amide bonds. The van der Waals surface area contributed by atoms with E-state index in [-0.39, 0.29) is 11.9 Å². The first-order valence-corrected chi connectivity index (χ1v) is 6.84. The Hall–Kier alpha value is -2.21. The predicted octanol–water partition coefficient (Wildman–Crippen LogP) is 1.40. The van der Waals surface area contributed by atoms with Crippen molar-refractivity contribution >= 4 is 5.91 Å². The number of carbonyl (C=O) groups excluding carboxylic acids is 1. The summed E-state index contributed by atoms with van der Waals surface area (Å²) in [6.07, 6.45) is 1.65. The molecule has 1 unspecified atom stereocenters. The average Bonchev–Trinajstić information content (AvgIpc) is 2.90. The van der Waals surface area contributed by atoms with Gasteiger partial charge in [0.2, 0.25) is 0 Å². The zero-order chi connectivity index (χ0) is 15.2. The third-order valence-corrected chi connectivity index (χ3v) is 3.16. The molecule has 6 nitrogen and oxygen atoms in total. The van der Waals surface area contributed by atoms with Crippen molar-refractivity contribution in [3.63, 3.8) is 0 Å². The first-order chi connectivity index (χ1) is 10.1. The summed E-state index contributed by atoms with van der Waals surface area (Å²) < 4.78 is 6.65. The van der Waals surface area contributed by atoms with Gasteiger partial charge in [-0.2, -0.15) is 0 Å². The standard InChI is InChI=1S/C15H20N4O2/c1-11-6-4-5-7-13(11)8-19-9-14(17-18-19)15(20)16-12(2)10-21-3/h4-7,9,12H,8,10H2,1-3H3,(H,16,20). The topological polar surface area (TPSA) is 69.0 Å². The Balaban J connectivity index is 2.01. The first-order valence-electron chi connectivity index (χ1n) is 6.84. The lowest BCUT2D eigenvalue weighted by Crippen LogP contribution is -2.35. The molecule has 1 aromatic heterocycles. The number of nitrogens with zero attached hydrogens (tertiary/aromatic N) is 3. The Morgan fingerprint density at radius 2 is 2.19 bits per heavy atom. The molecular weight excluding hydrogens is 268 g/mol. The summed E-state index contributed by atoms with van der Waals surface area (Å²) in [6, 6.07) is 8.00. The van der Waals surface area contributed by atoms with Gasteiger partial charge in [0.15, 0.2) is 5.69 Å². The van der Waals surface area contributed by atoms with E-state index < -0.39 is 0 Å². The van der Waals surface area contributed by atoms with Gasteiger partial charge in [-0.05, 0) is 25.0 Å². The van der Waals surface area contributed by atoms with Gasteiger partial charge >= 0.3 is 0 Å². The van der Waals surface area contributed by atoms with Gasteiger partial charge in [-0.25, -0.2) is 4.68 Å². The molecule has 21 heavy (non-hydrogen) atoms. The van der Waals surface area contributed by atoms with E-state index in [0.717, 1.165) is 5.56 Å². The van der Waals surface area contributed by atoms with Crippen LogP contribution in [0.5, 0.6) is 0 Å². The highest BCUT2D eigenvalue weighted by molar-refractivity contribution is 5.92. The number of aromatic nitrogens is 3. The zero-order valence-corrected chi connectivity index (χ0v) is 12.5. The number of hydrogen-bond acceptors (Lipinski definition) is 4. The molecule has 112 valence electrons. The Bertz CT molecular complexity index is 609. The van der Waals surface area contributed by atoms with E-state index >= 15 is 0 Å². The second-order valence-corrected chi connectivity index (χ2v) is 5.06. The molecule has 2 aromatic rings. The van der Waals surface area contributed by atoms with Crippen LogP contribution in [-0.2, 0) is 11.3 Å². The molecule has 0 spiro atoms. The maximum absolute atomic E-state index is 12.0. The molecule has 0 fully saturated rings. The second-order valence-electron chi connectivity index (χ2n) is 5.06. The summed E-state index contributed by atoms with van der Waals surface area (Å²) in [5, 5.41) is 10.7. The lowest BCUT2D eigenvalue weighted by atomic mass is 10.1. The highest BCUT2D eigenvalue weighted by Gasteiger charge is 2.13. The minimum absolute atomic E-state index is 0.0657. The molecule has 0 bridgehead atoms. The van der Waals surface area contributed by atoms with E-state index in [2.05, 4.69) is 15.6 Å². The van der Waals surface area contributed by atoms with E-state index in [4.69, 9.17) is 4.74 Å². The molecule has 0 saturated heterocycles. The molecule has 0 aliphatic rings. The number of carbonyl (C=O) groups is 1. The second kappa shape index (κ2) is 6.99. The first kappa shape index (κ1) is 15.2. The van der Waals surface area contributed by atoms with Crippen molar-refractivity contribution in [1.82, 2.24) is 20.3 Å². The molecule has 2 rings (SSSR count). The van der Waals surface area contributed by atoms with E-state index in [1.165, 1.54) is 5.56 Å². The summed E-state index contributed by atoms with van der Waals surface area (Å²) in [4.78, 5) is 12.0. The smallest absolute Gasteiger partial charge is 0.273 e. The molecule has 0 aliphatic heterocycles. The van der Waals surface area contributed by atoms with Crippen molar-refractivity contribution in [2.45, 2.75) is 26.4 Å². The van der Waals surface area contributed by atoms with Crippen molar-refractivity contribution in [2.75, 3.05) is 13.7 Å². The Morgan fingerprint density at radius 3 is 2.90 bits per heavy atom. The SMILES string of the molecule is COCC(C)NC(=O)c1cn(Cc2ccccc2C)nn1. The molecule has 0 radical (unpaired) electrons. The van der Waals surface area contributed by atoms with Crippen LogP contribution in [0.3, 0.4) is 0 Å². The van der Waals surface area contributed by atoms with Crippen molar-refractivity contribution < 1.29 is 9.53 Å². The lowest BCUT2D eigenvalue weighted by molar-refractivity contribution is 0.0900. The quantitative estimate of drug-likeness (QED) is 0.872. The van der Waals surface area contributed by atoms with E-state index in [0.29, 0.717) is 18.8 Å². The monoisotopic (exact) mass is 288 g/mol. The summed E-state index contributed by atoms with van der Waals surface area (Å²) in [5.41, 5.74) is 2.65. The molecule has 1 aromatic carbocycles. The minimum Gasteiger partial charge on any atom is -0.383 e. The van der Waals surface area contributed by atoms with Crippen LogP contribution >= 0.6 is 0 Å². The maximum Gasteiger partial charge on any atom is 0.273 e. The van der Waals surface area contributed by atoms with Crippen LogP contribution in [0.25, 0.3) is 0 Å². The van der Waals surface area contributed by atoms with Crippen LogP contribution in [0.1, 0.15) is 28.5 Å². The summed E-state index contributed by atoms with van der Waals surface area (Å²) in [7, 11) is 1.60. The number of amides is 1. The molecule has 1 N–H and O–H groups in total. The number of hydrogen-bond donors (Lipinski definition) is 1. The fourth-order valence-corrected chi connectivity index (χ4v) is 2.03. The predicted molar refractivity (Wildman–Crippen MR) is 79.1 cm³/mol. The van der Waals surface area contributed by atoms with Gasteiger partial charge in [0, 0.05) is 13.2 Å². The van der Waals surface area contributed by atoms with Gasteiger partial charge in [0.1, 0.15) is 0 Å². The van der Waals surface area contributed by atoms with E-state index in [1.807, 2.05) is 38.1 Å². The minimum atomic E-state index is -0.240. The highest BCUT2D eigenvalue weighted by atomic mass is 16.5. The number of rotatable bonds is 6. The summed E-state index contributed by atoms with van der Waals surface area (Å²) in [6.45, 7) is 4.98. The van der Waals surface area contributed by atoms with Crippen LogP contribution in [0.2, 0.25) is 0 Å².